The van der Waals surface area contributed by atoms with Crippen molar-refractivity contribution in [3.63, 3.8) is 0 Å². The molecule has 1 aromatic carbocycles. The van der Waals surface area contributed by atoms with E-state index in [2.05, 4.69) is 24.8 Å². The van der Waals surface area contributed by atoms with E-state index < -0.39 is 0 Å². The van der Waals surface area contributed by atoms with Crippen molar-refractivity contribution >= 4 is 5.78 Å². The zero-order valence-corrected chi connectivity index (χ0v) is 13.4. The molecule has 1 heterocycles. The molecule has 1 saturated heterocycles. The summed E-state index contributed by atoms with van der Waals surface area (Å²) >= 11 is 0. The lowest BCUT2D eigenvalue weighted by Crippen LogP contribution is -2.31. The lowest BCUT2D eigenvalue weighted by atomic mass is 10.0. The van der Waals surface area contributed by atoms with Gasteiger partial charge in [-0.15, -0.1) is 0 Å². The molecule has 1 saturated carbocycles. The number of ketones is 1. The Balaban J connectivity index is 1.54. The Morgan fingerprint density at radius 1 is 1.14 bits per heavy atom. The van der Waals surface area contributed by atoms with Gasteiger partial charge in [0, 0.05) is 25.1 Å². The van der Waals surface area contributed by atoms with Crippen LogP contribution in [0.2, 0.25) is 0 Å². The van der Waals surface area contributed by atoms with E-state index in [-0.39, 0.29) is 0 Å². The van der Waals surface area contributed by atoms with E-state index in [0.717, 1.165) is 23.9 Å². The van der Waals surface area contributed by atoms with E-state index in [0.29, 0.717) is 12.2 Å². The van der Waals surface area contributed by atoms with Gasteiger partial charge in [0.1, 0.15) is 0 Å². The number of nitrogens with zero attached hydrogens (tertiary/aromatic N) is 1. The highest BCUT2D eigenvalue weighted by Crippen LogP contribution is 2.36. The molecular formula is C19H27NO. The molecule has 2 aliphatic rings. The van der Waals surface area contributed by atoms with Crippen LogP contribution in [-0.2, 0) is 0 Å². The molecule has 1 aliphatic heterocycles. The largest absolute Gasteiger partial charge is 0.303 e. The van der Waals surface area contributed by atoms with Gasteiger partial charge in [-0.2, -0.15) is 0 Å². The van der Waals surface area contributed by atoms with Crippen molar-refractivity contribution in [2.45, 2.75) is 46.0 Å². The van der Waals surface area contributed by atoms with Crippen LogP contribution >= 0.6 is 0 Å². The number of benzene rings is 1. The fourth-order valence-corrected chi connectivity index (χ4v) is 3.95. The van der Waals surface area contributed by atoms with Gasteiger partial charge in [-0.1, -0.05) is 18.6 Å². The Morgan fingerprint density at radius 3 is 2.76 bits per heavy atom. The summed E-state index contributed by atoms with van der Waals surface area (Å²) in [5.41, 5.74) is 3.36. The number of Topliss-reactive ketones (excluding diaryl/α,β-unsaturated/α-hetero) is 1. The predicted molar refractivity (Wildman–Crippen MR) is 86.8 cm³/mol. The van der Waals surface area contributed by atoms with Crippen LogP contribution in [0.1, 0.15) is 53.6 Å². The fourth-order valence-electron chi connectivity index (χ4n) is 3.95. The standard InChI is InChI=1S/C19H27NO/c1-14-3-6-18(11-15(14)2)19(21)8-10-20-9-7-16-4-5-17(12-16)13-20/h3,6,11,16-17H,4-5,7-10,12-13H2,1-2H3. The third kappa shape index (κ3) is 3.55. The van der Waals surface area contributed by atoms with E-state index in [4.69, 9.17) is 0 Å². The Bertz CT molecular complexity index is 522. The molecule has 2 bridgehead atoms. The lowest BCUT2D eigenvalue weighted by molar-refractivity contribution is 0.0960. The maximum atomic E-state index is 12.4. The Labute approximate surface area is 128 Å². The van der Waals surface area contributed by atoms with Gasteiger partial charge in [0.2, 0.25) is 0 Å². The van der Waals surface area contributed by atoms with Gasteiger partial charge in [0.05, 0.1) is 0 Å². The maximum Gasteiger partial charge on any atom is 0.164 e. The van der Waals surface area contributed by atoms with Gasteiger partial charge in [0.15, 0.2) is 5.78 Å². The molecule has 21 heavy (non-hydrogen) atoms. The minimum atomic E-state index is 0.299. The van der Waals surface area contributed by atoms with Crippen LogP contribution < -0.4 is 0 Å². The molecule has 0 radical (unpaired) electrons. The maximum absolute atomic E-state index is 12.4. The first kappa shape index (κ1) is 14.8. The number of rotatable bonds is 4. The highest BCUT2D eigenvalue weighted by atomic mass is 16.1. The number of hydrogen-bond donors (Lipinski definition) is 0. The molecule has 3 rings (SSSR count). The van der Waals surface area contributed by atoms with Crippen molar-refractivity contribution in [2.24, 2.45) is 11.8 Å². The van der Waals surface area contributed by atoms with Gasteiger partial charge in [-0.05, 0) is 68.7 Å². The third-order valence-electron chi connectivity index (χ3n) is 5.50. The second-order valence-electron chi connectivity index (χ2n) is 7.11. The van der Waals surface area contributed by atoms with E-state index in [1.54, 1.807) is 0 Å². The summed E-state index contributed by atoms with van der Waals surface area (Å²) in [6.07, 6.45) is 6.29. The van der Waals surface area contributed by atoms with E-state index >= 15 is 0 Å². The van der Waals surface area contributed by atoms with Crippen LogP contribution in [0.3, 0.4) is 0 Å². The van der Waals surface area contributed by atoms with Crippen molar-refractivity contribution in [1.29, 1.82) is 0 Å². The van der Waals surface area contributed by atoms with E-state index in [9.17, 15) is 4.79 Å². The highest BCUT2D eigenvalue weighted by Gasteiger charge is 2.29. The van der Waals surface area contributed by atoms with Gasteiger partial charge in [-0.25, -0.2) is 0 Å². The van der Waals surface area contributed by atoms with Crippen molar-refractivity contribution in [2.75, 3.05) is 19.6 Å². The Hall–Kier alpha value is -1.15. The molecule has 2 heteroatoms. The van der Waals surface area contributed by atoms with Crippen molar-refractivity contribution in [3.8, 4) is 0 Å². The molecule has 0 amide bonds. The van der Waals surface area contributed by atoms with E-state index in [1.807, 2.05) is 12.1 Å². The molecule has 2 atom stereocenters. The summed E-state index contributed by atoms with van der Waals surface area (Å²) in [4.78, 5) is 14.9. The summed E-state index contributed by atoms with van der Waals surface area (Å²) in [5, 5.41) is 0. The van der Waals surface area contributed by atoms with Gasteiger partial charge in [-0.3, -0.25) is 4.79 Å². The topological polar surface area (TPSA) is 20.3 Å². The second-order valence-corrected chi connectivity index (χ2v) is 7.11. The minimum absolute atomic E-state index is 0.299. The summed E-state index contributed by atoms with van der Waals surface area (Å²) in [6.45, 7) is 7.53. The predicted octanol–water partition coefficient (Wildman–Crippen LogP) is 4.00. The minimum Gasteiger partial charge on any atom is -0.303 e. The third-order valence-corrected chi connectivity index (χ3v) is 5.50. The number of carbonyl (C=O) groups is 1. The molecule has 0 spiro atoms. The first-order chi connectivity index (χ1) is 10.1. The molecule has 1 aliphatic carbocycles. The monoisotopic (exact) mass is 285 g/mol. The van der Waals surface area contributed by atoms with Crippen LogP contribution in [0.4, 0.5) is 0 Å². The molecule has 2 fully saturated rings. The summed E-state index contributed by atoms with van der Waals surface area (Å²) in [7, 11) is 0. The number of aryl methyl sites for hydroxylation is 2. The Morgan fingerprint density at radius 2 is 1.95 bits per heavy atom. The molecule has 114 valence electrons. The molecule has 0 N–H and O–H groups in total. The van der Waals surface area contributed by atoms with Crippen molar-refractivity contribution in [1.82, 2.24) is 4.90 Å². The van der Waals surface area contributed by atoms with Gasteiger partial charge < -0.3 is 4.90 Å². The normalized spacial score (nSPS) is 25.8. The van der Waals surface area contributed by atoms with Crippen molar-refractivity contribution in [3.05, 3.63) is 34.9 Å². The number of likely N-dealkylation sites (tertiary alicyclic amines) is 1. The zero-order valence-electron chi connectivity index (χ0n) is 13.4. The summed E-state index contributed by atoms with van der Waals surface area (Å²) < 4.78 is 0. The van der Waals surface area contributed by atoms with Crippen LogP contribution in [0.25, 0.3) is 0 Å². The summed E-state index contributed by atoms with van der Waals surface area (Å²) in [6, 6.07) is 6.09. The fraction of sp³-hybridized carbons (Fsp3) is 0.632. The quantitative estimate of drug-likeness (QED) is 0.779. The Kier molecular flexibility index (Phi) is 4.44. The zero-order chi connectivity index (χ0) is 14.8. The lowest BCUT2D eigenvalue weighted by Gasteiger charge is -2.24. The molecule has 0 aromatic heterocycles. The van der Waals surface area contributed by atoms with Gasteiger partial charge in [0.25, 0.3) is 0 Å². The summed E-state index contributed by atoms with van der Waals surface area (Å²) in [5.74, 6) is 2.16. The van der Waals surface area contributed by atoms with E-state index in [1.165, 1.54) is 49.9 Å². The van der Waals surface area contributed by atoms with Crippen LogP contribution in [0, 0.1) is 25.7 Å². The number of fused-ring (bicyclic) bond motifs is 2. The average Bonchev–Trinajstić information content (AvgIpc) is 2.80. The molecule has 1 aromatic rings. The SMILES string of the molecule is Cc1ccc(C(=O)CCN2CCC3CCC(C3)C2)cc1C. The molecule has 2 nitrogen and oxygen atoms in total. The van der Waals surface area contributed by atoms with Gasteiger partial charge >= 0.3 is 0 Å². The molecular weight excluding hydrogens is 258 g/mol. The first-order valence-corrected chi connectivity index (χ1v) is 8.44. The second kappa shape index (κ2) is 6.31. The number of hydrogen-bond acceptors (Lipinski definition) is 2. The van der Waals surface area contributed by atoms with Crippen molar-refractivity contribution < 1.29 is 4.79 Å². The number of carbonyl (C=O) groups excluding carboxylic acids is 1. The highest BCUT2D eigenvalue weighted by molar-refractivity contribution is 5.96. The average molecular weight is 285 g/mol. The first-order valence-electron chi connectivity index (χ1n) is 8.44. The smallest absolute Gasteiger partial charge is 0.164 e. The molecule has 2 unspecified atom stereocenters. The van der Waals surface area contributed by atoms with Crippen LogP contribution in [0.5, 0.6) is 0 Å². The van der Waals surface area contributed by atoms with Crippen LogP contribution in [-0.4, -0.2) is 30.3 Å². The van der Waals surface area contributed by atoms with Crippen LogP contribution in [0.15, 0.2) is 18.2 Å².